The van der Waals surface area contributed by atoms with Gasteiger partial charge in [0.05, 0.1) is 18.3 Å². The summed E-state index contributed by atoms with van der Waals surface area (Å²) >= 11 is 0. The minimum Gasteiger partial charge on any atom is -0.481 e. The SMILES string of the molecule is CCCCC[C@@H](/C=C/[C@@H]1[C@@H](C/C=C\CCCC(=O)O)[C@@H](O[Si](C)(C)CC)C[C@H]1O[Si](C)(C)C(C)(C)C)O[Si](C)(C)C(C)(C)C. The summed E-state index contributed by atoms with van der Waals surface area (Å²) in [6.07, 6.45) is 17.9. The maximum atomic E-state index is 11.0. The minimum absolute atomic E-state index is 0.115. The highest BCUT2D eigenvalue weighted by Crippen LogP contribution is 2.46. The standard InChI is InChI=1S/C36H72O5Si3/c1-15-17-20-23-29(39-43(11,12)35(3,4)5)26-27-31-30(24-21-18-19-22-25-34(37)38)32(40-42(9,10)16-2)28-33(31)41-44(13,14)36(6,7)8/h18,21,26-27,29-33H,15-17,19-20,22-25,28H2,1-14H3,(H,37,38)/b21-18-,27-26+/t29-,30+,31+,32-,33+/m0/s1. The van der Waals surface area contributed by atoms with Crippen molar-refractivity contribution in [3.05, 3.63) is 24.3 Å². The summed E-state index contributed by atoms with van der Waals surface area (Å²) in [5.41, 5.74) is 0. The van der Waals surface area contributed by atoms with Gasteiger partial charge in [-0.25, -0.2) is 0 Å². The van der Waals surface area contributed by atoms with Crippen molar-refractivity contribution in [1.82, 2.24) is 0 Å². The number of hydrogen-bond acceptors (Lipinski definition) is 4. The van der Waals surface area contributed by atoms with Crippen molar-refractivity contribution in [3.63, 3.8) is 0 Å². The van der Waals surface area contributed by atoms with Crippen LogP contribution in [-0.2, 0) is 18.1 Å². The second-order valence-electron chi connectivity index (χ2n) is 17.0. The van der Waals surface area contributed by atoms with Crippen molar-refractivity contribution < 1.29 is 23.2 Å². The quantitative estimate of drug-likeness (QED) is 0.0843. The summed E-state index contributed by atoms with van der Waals surface area (Å²) in [5, 5.41) is 9.34. The van der Waals surface area contributed by atoms with E-state index in [1.165, 1.54) is 19.3 Å². The molecule has 0 unspecified atom stereocenters. The average Bonchev–Trinajstić information content (AvgIpc) is 3.16. The molecule has 0 aliphatic heterocycles. The Kier molecular flexibility index (Phi) is 16.6. The van der Waals surface area contributed by atoms with Crippen LogP contribution in [0.25, 0.3) is 0 Å². The second-order valence-corrected chi connectivity index (χ2v) is 30.9. The van der Waals surface area contributed by atoms with Gasteiger partial charge in [-0.1, -0.05) is 99.0 Å². The van der Waals surface area contributed by atoms with Crippen molar-refractivity contribution in [2.75, 3.05) is 0 Å². The van der Waals surface area contributed by atoms with Crippen LogP contribution < -0.4 is 0 Å². The Morgan fingerprint density at radius 3 is 2.00 bits per heavy atom. The monoisotopic (exact) mass is 668 g/mol. The van der Waals surface area contributed by atoms with Crippen LogP contribution in [0.4, 0.5) is 0 Å². The molecule has 0 spiro atoms. The summed E-state index contributed by atoms with van der Waals surface area (Å²) in [4.78, 5) is 11.0. The lowest BCUT2D eigenvalue weighted by Gasteiger charge is -2.40. The molecule has 44 heavy (non-hydrogen) atoms. The largest absolute Gasteiger partial charge is 0.481 e. The summed E-state index contributed by atoms with van der Waals surface area (Å²) in [6.45, 7) is 32.7. The van der Waals surface area contributed by atoms with Crippen molar-refractivity contribution in [2.24, 2.45) is 11.8 Å². The highest BCUT2D eigenvalue weighted by molar-refractivity contribution is 6.74. The molecule has 0 aromatic carbocycles. The number of rotatable bonds is 19. The van der Waals surface area contributed by atoms with Gasteiger partial charge in [0, 0.05) is 12.3 Å². The fourth-order valence-electron chi connectivity index (χ4n) is 5.31. The van der Waals surface area contributed by atoms with Gasteiger partial charge in [0.2, 0.25) is 0 Å². The Morgan fingerprint density at radius 1 is 0.864 bits per heavy atom. The van der Waals surface area contributed by atoms with Gasteiger partial charge in [-0.15, -0.1) is 0 Å². The number of allylic oxidation sites excluding steroid dienone is 2. The van der Waals surface area contributed by atoms with Crippen molar-refractivity contribution in [2.45, 2.75) is 187 Å². The van der Waals surface area contributed by atoms with E-state index in [4.69, 9.17) is 18.4 Å². The summed E-state index contributed by atoms with van der Waals surface area (Å²) in [5.74, 6) is -0.158. The van der Waals surface area contributed by atoms with Gasteiger partial charge in [-0.3, -0.25) is 4.79 Å². The first-order valence-electron chi connectivity index (χ1n) is 17.7. The lowest BCUT2D eigenvalue weighted by atomic mass is 9.89. The molecule has 0 heterocycles. The van der Waals surface area contributed by atoms with Crippen LogP contribution in [-0.4, -0.2) is 54.3 Å². The lowest BCUT2D eigenvalue weighted by Crippen LogP contribution is -2.45. The molecule has 5 nitrogen and oxygen atoms in total. The van der Waals surface area contributed by atoms with Crippen LogP contribution in [0.5, 0.6) is 0 Å². The first kappa shape index (κ1) is 41.5. The Balaban J connectivity index is 3.51. The lowest BCUT2D eigenvalue weighted by molar-refractivity contribution is -0.137. The molecule has 0 bridgehead atoms. The van der Waals surface area contributed by atoms with Gasteiger partial charge in [0.15, 0.2) is 25.0 Å². The number of aliphatic carboxylic acids is 1. The van der Waals surface area contributed by atoms with Crippen LogP contribution in [0.1, 0.15) is 113 Å². The van der Waals surface area contributed by atoms with Gasteiger partial charge < -0.3 is 18.4 Å². The molecule has 1 saturated carbocycles. The normalized spacial score (nSPS) is 23.2. The van der Waals surface area contributed by atoms with Crippen molar-refractivity contribution in [1.29, 1.82) is 0 Å². The molecule has 1 fully saturated rings. The number of carboxylic acids is 1. The fourth-order valence-corrected chi connectivity index (χ4v) is 9.24. The number of carboxylic acid groups (broad SMARTS) is 1. The number of carbonyl (C=O) groups is 1. The van der Waals surface area contributed by atoms with E-state index in [9.17, 15) is 4.79 Å². The number of unbranched alkanes of at least 4 members (excludes halogenated alkanes) is 3. The molecule has 1 rings (SSSR count). The van der Waals surface area contributed by atoms with Gasteiger partial charge >= 0.3 is 5.97 Å². The van der Waals surface area contributed by atoms with E-state index >= 15 is 0 Å². The van der Waals surface area contributed by atoms with Crippen molar-refractivity contribution >= 4 is 30.9 Å². The highest BCUT2D eigenvalue weighted by Gasteiger charge is 2.49. The Hall–Kier alpha value is -0.519. The molecule has 1 aliphatic rings. The summed E-state index contributed by atoms with van der Waals surface area (Å²) in [7, 11) is -5.77. The molecule has 0 radical (unpaired) electrons. The van der Waals surface area contributed by atoms with E-state index < -0.39 is 30.9 Å². The smallest absolute Gasteiger partial charge is 0.303 e. The maximum Gasteiger partial charge on any atom is 0.303 e. The van der Waals surface area contributed by atoms with Gasteiger partial charge in [0.25, 0.3) is 0 Å². The van der Waals surface area contributed by atoms with Crippen LogP contribution >= 0.6 is 0 Å². The molecule has 0 saturated heterocycles. The van der Waals surface area contributed by atoms with E-state index in [-0.39, 0.29) is 40.7 Å². The zero-order valence-electron chi connectivity index (χ0n) is 31.3. The highest BCUT2D eigenvalue weighted by atomic mass is 28.4. The molecule has 1 aliphatic carbocycles. The van der Waals surface area contributed by atoms with E-state index in [1.54, 1.807) is 0 Å². The Bertz CT molecular complexity index is 914. The zero-order valence-corrected chi connectivity index (χ0v) is 34.3. The zero-order chi connectivity index (χ0) is 34.0. The predicted molar refractivity (Wildman–Crippen MR) is 197 cm³/mol. The molecule has 0 aromatic rings. The first-order chi connectivity index (χ1) is 20.1. The van der Waals surface area contributed by atoms with Gasteiger partial charge in [-0.2, -0.15) is 0 Å². The Labute approximate surface area is 276 Å². The van der Waals surface area contributed by atoms with Gasteiger partial charge in [-0.05, 0) is 93.4 Å². The van der Waals surface area contributed by atoms with E-state index in [1.807, 2.05) is 0 Å². The maximum absolute atomic E-state index is 11.0. The van der Waals surface area contributed by atoms with E-state index in [0.717, 1.165) is 31.7 Å². The van der Waals surface area contributed by atoms with Crippen LogP contribution in [0.15, 0.2) is 24.3 Å². The molecule has 8 heteroatoms. The summed E-state index contributed by atoms with van der Waals surface area (Å²) in [6, 6.07) is 1.09. The van der Waals surface area contributed by atoms with Crippen LogP contribution in [0, 0.1) is 11.8 Å². The van der Waals surface area contributed by atoms with Crippen LogP contribution in [0.3, 0.4) is 0 Å². The fraction of sp³-hybridized carbons (Fsp3) is 0.861. The molecular formula is C36H72O5Si3. The third-order valence-corrected chi connectivity index (χ3v) is 22.3. The third kappa shape index (κ3) is 13.7. The molecule has 258 valence electrons. The molecule has 0 aromatic heterocycles. The van der Waals surface area contributed by atoms with Crippen molar-refractivity contribution in [3.8, 4) is 0 Å². The van der Waals surface area contributed by atoms with E-state index in [2.05, 4.69) is 119 Å². The summed E-state index contributed by atoms with van der Waals surface area (Å²) < 4.78 is 21.3. The van der Waals surface area contributed by atoms with Gasteiger partial charge in [0.1, 0.15) is 0 Å². The molecular weight excluding hydrogens is 597 g/mol. The van der Waals surface area contributed by atoms with Crippen LogP contribution in [0.2, 0.25) is 55.4 Å². The first-order valence-corrected chi connectivity index (χ1v) is 26.6. The molecule has 5 atom stereocenters. The predicted octanol–water partition coefficient (Wildman–Crippen LogP) is 11.4. The van der Waals surface area contributed by atoms with E-state index in [0.29, 0.717) is 12.3 Å². The topological polar surface area (TPSA) is 65.0 Å². The molecule has 1 N–H and O–H groups in total. The third-order valence-electron chi connectivity index (χ3n) is 10.7. The minimum atomic E-state index is -2.02. The average molecular weight is 669 g/mol. The Morgan fingerprint density at radius 2 is 1.48 bits per heavy atom. The molecule has 0 amide bonds. The number of hydrogen-bond donors (Lipinski definition) is 1. The second kappa shape index (κ2) is 17.6.